The normalized spacial score (nSPS) is 11.5. The number of aromatic nitrogens is 5. The minimum Gasteiger partial charge on any atom is -0.381 e. The quantitative estimate of drug-likeness (QED) is 0.428. The number of rotatable bonds is 3. The summed E-state index contributed by atoms with van der Waals surface area (Å²) in [6.45, 7) is 5.63. The van der Waals surface area contributed by atoms with Gasteiger partial charge in [-0.15, -0.1) is 0 Å². The van der Waals surface area contributed by atoms with Crippen LogP contribution in [0, 0.1) is 0 Å². The molecule has 1 aromatic carbocycles. The standard InChI is InChI=1S/C22H23ClN8O/c1-22(2,3)29-21(32)28-20-19(24)26-18(15-7-9-31(4)30-15)17(27-20)13-10-12-6-5-8-25-16(12)14(23)11-13/h5-11H,1-4H3,(H2,24,26)(H2,27,28,29,32). The van der Waals surface area contributed by atoms with Crippen LogP contribution in [0.5, 0.6) is 0 Å². The minimum atomic E-state index is -0.434. The number of anilines is 2. The van der Waals surface area contributed by atoms with Crippen LogP contribution in [0.1, 0.15) is 20.8 Å². The fourth-order valence-electron chi connectivity index (χ4n) is 3.23. The first-order chi connectivity index (χ1) is 15.1. The van der Waals surface area contributed by atoms with Crippen LogP contribution in [0.3, 0.4) is 0 Å². The fraction of sp³-hybridized carbons (Fsp3) is 0.227. The molecule has 0 bridgehead atoms. The molecule has 3 heterocycles. The van der Waals surface area contributed by atoms with E-state index >= 15 is 0 Å². The van der Waals surface area contributed by atoms with E-state index in [1.54, 1.807) is 23.1 Å². The summed E-state index contributed by atoms with van der Waals surface area (Å²) in [4.78, 5) is 25.9. The lowest BCUT2D eigenvalue weighted by Crippen LogP contribution is -2.43. The molecule has 3 aromatic heterocycles. The third-order valence-corrected chi connectivity index (χ3v) is 4.82. The zero-order chi connectivity index (χ0) is 23.0. The van der Waals surface area contributed by atoms with Crippen molar-refractivity contribution < 1.29 is 4.79 Å². The van der Waals surface area contributed by atoms with E-state index < -0.39 is 11.6 Å². The molecule has 0 fully saturated rings. The third kappa shape index (κ3) is 4.47. The van der Waals surface area contributed by atoms with Crippen molar-refractivity contribution in [3.05, 3.63) is 47.7 Å². The molecule has 0 aliphatic rings. The summed E-state index contributed by atoms with van der Waals surface area (Å²) in [5.74, 6) is 0.218. The number of hydrogen-bond acceptors (Lipinski definition) is 6. The van der Waals surface area contributed by atoms with Crippen molar-refractivity contribution in [3.8, 4) is 22.6 Å². The molecule has 0 saturated carbocycles. The van der Waals surface area contributed by atoms with Gasteiger partial charge in [-0.3, -0.25) is 15.0 Å². The molecule has 0 saturated heterocycles. The Kier molecular flexibility index (Phi) is 5.43. The molecule has 32 heavy (non-hydrogen) atoms. The van der Waals surface area contributed by atoms with Crippen molar-refractivity contribution >= 4 is 40.2 Å². The van der Waals surface area contributed by atoms with Gasteiger partial charge in [-0.2, -0.15) is 5.10 Å². The van der Waals surface area contributed by atoms with Gasteiger partial charge >= 0.3 is 6.03 Å². The van der Waals surface area contributed by atoms with Crippen LogP contribution in [0.15, 0.2) is 42.7 Å². The average molecular weight is 451 g/mol. The highest BCUT2D eigenvalue weighted by molar-refractivity contribution is 6.35. The first-order valence-electron chi connectivity index (χ1n) is 9.92. The zero-order valence-corrected chi connectivity index (χ0v) is 18.9. The number of aryl methyl sites for hydroxylation is 1. The van der Waals surface area contributed by atoms with E-state index in [1.807, 2.05) is 52.1 Å². The summed E-state index contributed by atoms with van der Waals surface area (Å²) in [7, 11) is 1.81. The molecule has 0 atom stereocenters. The highest BCUT2D eigenvalue weighted by Gasteiger charge is 2.21. The topological polar surface area (TPSA) is 124 Å². The molecular formula is C22H23ClN8O. The van der Waals surface area contributed by atoms with Gasteiger partial charge in [0.05, 0.1) is 10.5 Å². The van der Waals surface area contributed by atoms with E-state index in [-0.39, 0.29) is 11.6 Å². The zero-order valence-electron chi connectivity index (χ0n) is 18.1. The first kappa shape index (κ1) is 21.5. The van der Waals surface area contributed by atoms with Gasteiger partial charge in [0.2, 0.25) is 0 Å². The molecule has 0 spiro atoms. The van der Waals surface area contributed by atoms with Crippen molar-refractivity contribution in [2.45, 2.75) is 26.3 Å². The van der Waals surface area contributed by atoms with Gasteiger partial charge in [0.25, 0.3) is 0 Å². The molecule has 0 unspecified atom stereocenters. The monoisotopic (exact) mass is 450 g/mol. The number of nitrogens with one attached hydrogen (secondary N) is 2. The summed E-state index contributed by atoms with van der Waals surface area (Å²) in [6, 6.07) is 8.81. The molecule has 2 amide bonds. The van der Waals surface area contributed by atoms with Crippen LogP contribution in [0.25, 0.3) is 33.5 Å². The highest BCUT2D eigenvalue weighted by Crippen LogP contribution is 2.35. The van der Waals surface area contributed by atoms with Gasteiger partial charge in [-0.1, -0.05) is 17.7 Å². The maximum atomic E-state index is 12.4. The number of halogens is 1. The predicted molar refractivity (Wildman–Crippen MR) is 126 cm³/mol. The van der Waals surface area contributed by atoms with Gasteiger partial charge < -0.3 is 11.1 Å². The Morgan fingerprint density at radius 1 is 1.16 bits per heavy atom. The predicted octanol–water partition coefficient (Wildman–Crippen LogP) is 4.25. The fourth-order valence-corrected chi connectivity index (χ4v) is 3.50. The molecule has 4 N–H and O–H groups in total. The van der Waals surface area contributed by atoms with E-state index in [9.17, 15) is 4.79 Å². The Morgan fingerprint density at radius 2 is 1.94 bits per heavy atom. The molecule has 10 heteroatoms. The number of hydrogen-bond donors (Lipinski definition) is 3. The number of nitrogens with zero attached hydrogens (tertiary/aromatic N) is 5. The smallest absolute Gasteiger partial charge is 0.320 e. The lowest BCUT2D eigenvalue weighted by Gasteiger charge is -2.21. The van der Waals surface area contributed by atoms with Crippen LogP contribution >= 0.6 is 11.6 Å². The van der Waals surface area contributed by atoms with Crippen LogP contribution in [-0.4, -0.2) is 36.3 Å². The summed E-state index contributed by atoms with van der Waals surface area (Å²) >= 11 is 6.51. The number of carbonyl (C=O) groups excluding carboxylic acids is 1. The molecule has 0 radical (unpaired) electrons. The summed E-state index contributed by atoms with van der Waals surface area (Å²) in [6.07, 6.45) is 3.49. The van der Waals surface area contributed by atoms with Gasteiger partial charge in [0.15, 0.2) is 11.6 Å². The average Bonchev–Trinajstić information content (AvgIpc) is 3.14. The SMILES string of the molecule is Cn1ccc(-c2nc(N)c(NC(=O)NC(C)(C)C)nc2-c2cc(Cl)c3ncccc3c2)n1. The van der Waals surface area contributed by atoms with E-state index in [4.69, 9.17) is 17.3 Å². The largest absolute Gasteiger partial charge is 0.381 e. The summed E-state index contributed by atoms with van der Waals surface area (Å²) in [5, 5.41) is 11.3. The number of fused-ring (bicyclic) bond motifs is 1. The minimum absolute atomic E-state index is 0.0759. The Labute approximate surface area is 190 Å². The number of amides is 2. The Hall–Kier alpha value is -3.72. The summed E-state index contributed by atoms with van der Waals surface area (Å²) in [5.41, 5.74) is 8.66. The van der Waals surface area contributed by atoms with Crippen molar-refractivity contribution in [2.75, 3.05) is 11.1 Å². The number of carbonyl (C=O) groups is 1. The Morgan fingerprint density at radius 3 is 2.62 bits per heavy atom. The van der Waals surface area contributed by atoms with Crippen molar-refractivity contribution in [3.63, 3.8) is 0 Å². The number of nitrogen functional groups attached to an aromatic ring is 1. The van der Waals surface area contributed by atoms with Gasteiger partial charge in [0.1, 0.15) is 17.1 Å². The van der Waals surface area contributed by atoms with E-state index in [2.05, 4.69) is 30.7 Å². The van der Waals surface area contributed by atoms with E-state index in [1.165, 1.54) is 0 Å². The summed E-state index contributed by atoms with van der Waals surface area (Å²) < 4.78 is 1.66. The molecule has 164 valence electrons. The second-order valence-corrected chi connectivity index (χ2v) is 8.80. The number of benzene rings is 1. The maximum Gasteiger partial charge on any atom is 0.320 e. The molecule has 4 aromatic rings. The van der Waals surface area contributed by atoms with Crippen LogP contribution in [-0.2, 0) is 7.05 Å². The maximum absolute atomic E-state index is 12.4. The molecule has 4 rings (SSSR count). The lowest BCUT2D eigenvalue weighted by molar-refractivity contribution is 0.243. The third-order valence-electron chi connectivity index (χ3n) is 4.53. The van der Waals surface area contributed by atoms with Crippen LogP contribution in [0.4, 0.5) is 16.4 Å². The number of urea groups is 1. The number of nitrogens with two attached hydrogens (primary N) is 1. The Balaban J connectivity index is 1.87. The number of pyridine rings is 1. The van der Waals surface area contributed by atoms with Crippen molar-refractivity contribution in [1.82, 2.24) is 30.0 Å². The van der Waals surface area contributed by atoms with E-state index in [0.717, 1.165) is 5.39 Å². The van der Waals surface area contributed by atoms with E-state index in [0.29, 0.717) is 33.2 Å². The molecular weight excluding hydrogens is 428 g/mol. The lowest BCUT2D eigenvalue weighted by atomic mass is 10.0. The molecule has 0 aliphatic carbocycles. The highest BCUT2D eigenvalue weighted by atomic mass is 35.5. The van der Waals surface area contributed by atoms with Crippen molar-refractivity contribution in [1.29, 1.82) is 0 Å². The van der Waals surface area contributed by atoms with Crippen LogP contribution < -0.4 is 16.4 Å². The van der Waals surface area contributed by atoms with Gasteiger partial charge in [0, 0.05) is 35.9 Å². The molecule has 0 aliphatic heterocycles. The van der Waals surface area contributed by atoms with Crippen molar-refractivity contribution in [2.24, 2.45) is 7.05 Å². The molecule has 9 nitrogen and oxygen atoms in total. The van der Waals surface area contributed by atoms with Gasteiger partial charge in [-0.25, -0.2) is 14.8 Å². The Bertz CT molecular complexity index is 1330. The van der Waals surface area contributed by atoms with Crippen LogP contribution in [0.2, 0.25) is 5.02 Å². The first-order valence-corrected chi connectivity index (χ1v) is 10.3. The second-order valence-electron chi connectivity index (χ2n) is 8.39. The second kappa shape index (κ2) is 8.08. The van der Waals surface area contributed by atoms with Gasteiger partial charge in [-0.05, 0) is 45.0 Å².